The standard InChI is InChI=1S/C14H19NO2/c1-10(14(16)17)8-11-2-3-12-4-6-15-7-5-13(12)9-11/h2-3,9-10,15H,4-8H2,1H3,(H,16,17)/t10-/m1/s1. The van der Waals surface area contributed by atoms with Crippen molar-refractivity contribution in [2.75, 3.05) is 13.1 Å². The minimum atomic E-state index is -0.721. The van der Waals surface area contributed by atoms with Crippen LogP contribution in [-0.2, 0) is 24.1 Å². The topological polar surface area (TPSA) is 49.3 Å². The Balaban J connectivity index is 2.15. The van der Waals surface area contributed by atoms with Crippen molar-refractivity contribution in [3.05, 3.63) is 34.9 Å². The second-order valence-corrected chi connectivity index (χ2v) is 4.80. The van der Waals surface area contributed by atoms with Crippen molar-refractivity contribution in [1.82, 2.24) is 5.32 Å². The fraction of sp³-hybridized carbons (Fsp3) is 0.500. The predicted octanol–water partition coefficient (Wildman–Crippen LogP) is 1.64. The van der Waals surface area contributed by atoms with E-state index in [2.05, 4.69) is 23.5 Å². The van der Waals surface area contributed by atoms with E-state index in [9.17, 15) is 4.79 Å². The fourth-order valence-corrected chi connectivity index (χ4v) is 2.29. The van der Waals surface area contributed by atoms with Gasteiger partial charge in [-0.3, -0.25) is 4.79 Å². The van der Waals surface area contributed by atoms with Crippen LogP contribution in [-0.4, -0.2) is 24.2 Å². The van der Waals surface area contributed by atoms with Gasteiger partial charge >= 0.3 is 5.97 Å². The molecule has 3 heteroatoms. The Morgan fingerprint density at radius 1 is 1.35 bits per heavy atom. The van der Waals surface area contributed by atoms with Crippen LogP contribution in [0.3, 0.4) is 0 Å². The molecule has 1 aliphatic heterocycles. The van der Waals surface area contributed by atoms with Crippen molar-refractivity contribution in [1.29, 1.82) is 0 Å². The number of fused-ring (bicyclic) bond motifs is 1. The van der Waals surface area contributed by atoms with Crippen molar-refractivity contribution in [3.8, 4) is 0 Å². The SMILES string of the molecule is C[C@H](Cc1ccc2c(c1)CCNCC2)C(=O)O. The molecule has 1 heterocycles. The Kier molecular flexibility index (Phi) is 3.79. The second-order valence-electron chi connectivity index (χ2n) is 4.80. The molecule has 0 fully saturated rings. The molecule has 3 nitrogen and oxygen atoms in total. The predicted molar refractivity (Wildman–Crippen MR) is 67.2 cm³/mol. The lowest BCUT2D eigenvalue weighted by Gasteiger charge is -2.10. The molecule has 1 atom stereocenters. The van der Waals surface area contributed by atoms with Crippen LogP contribution in [0.2, 0.25) is 0 Å². The third-order valence-corrected chi connectivity index (χ3v) is 3.38. The molecule has 0 saturated heterocycles. The molecule has 2 N–H and O–H groups in total. The summed E-state index contributed by atoms with van der Waals surface area (Å²) in [5.41, 5.74) is 3.92. The molecule has 0 amide bonds. The Hall–Kier alpha value is -1.35. The van der Waals surface area contributed by atoms with Crippen LogP contribution in [0.4, 0.5) is 0 Å². The first-order valence-corrected chi connectivity index (χ1v) is 6.21. The zero-order valence-electron chi connectivity index (χ0n) is 10.2. The summed E-state index contributed by atoms with van der Waals surface area (Å²) in [6.07, 6.45) is 2.74. The molecule has 0 radical (unpaired) electrons. The highest BCUT2D eigenvalue weighted by atomic mass is 16.4. The number of aliphatic carboxylic acids is 1. The zero-order chi connectivity index (χ0) is 12.3. The highest BCUT2D eigenvalue weighted by Gasteiger charge is 2.13. The molecule has 0 aromatic heterocycles. The molecule has 1 aromatic carbocycles. The maximum Gasteiger partial charge on any atom is 0.306 e. The summed E-state index contributed by atoms with van der Waals surface area (Å²) in [6.45, 7) is 3.82. The highest BCUT2D eigenvalue weighted by molar-refractivity contribution is 5.69. The van der Waals surface area contributed by atoms with E-state index in [4.69, 9.17) is 5.11 Å². The summed E-state index contributed by atoms with van der Waals surface area (Å²) in [7, 11) is 0. The summed E-state index contributed by atoms with van der Waals surface area (Å²) < 4.78 is 0. The first-order chi connectivity index (χ1) is 8.16. The lowest BCUT2D eigenvalue weighted by atomic mass is 9.95. The van der Waals surface area contributed by atoms with E-state index in [1.54, 1.807) is 6.92 Å². The molecule has 0 saturated carbocycles. The Labute approximate surface area is 102 Å². The summed E-state index contributed by atoms with van der Waals surface area (Å²) in [5, 5.41) is 12.3. The number of hydrogen-bond acceptors (Lipinski definition) is 2. The monoisotopic (exact) mass is 233 g/mol. The Bertz CT molecular complexity index is 415. The van der Waals surface area contributed by atoms with Crippen molar-refractivity contribution in [2.24, 2.45) is 5.92 Å². The van der Waals surface area contributed by atoms with Crippen molar-refractivity contribution in [2.45, 2.75) is 26.2 Å². The normalized spacial score (nSPS) is 17.0. The summed E-state index contributed by atoms with van der Waals surface area (Å²) in [5.74, 6) is -1.03. The molecule has 0 bridgehead atoms. The maximum absolute atomic E-state index is 10.8. The first kappa shape index (κ1) is 12.1. The number of hydrogen-bond donors (Lipinski definition) is 2. The van der Waals surface area contributed by atoms with Crippen LogP contribution >= 0.6 is 0 Å². The Morgan fingerprint density at radius 2 is 2.06 bits per heavy atom. The smallest absolute Gasteiger partial charge is 0.306 e. The van der Waals surface area contributed by atoms with Crippen molar-refractivity contribution >= 4 is 5.97 Å². The quantitative estimate of drug-likeness (QED) is 0.834. The van der Waals surface area contributed by atoms with Gasteiger partial charge in [-0.05, 0) is 49.0 Å². The average molecular weight is 233 g/mol. The fourth-order valence-electron chi connectivity index (χ4n) is 2.29. The van der Waals surface area contributed by atoms with E-state index < -0.39 is 5.97 Å². The maximum atomic E-state index is 10.8. The van der Waals surface area contributed by atoms with Crippen LogP contribution in [0, 0.1) is 5.92 Å². The number of nitrogens with one attached hydrogen (secondary N) is 1. The van der Waals surface area contributed by atoms with Crippen LogP contribution in [0.15, 0.2) is 18.2 Å². The van der Waals surface area contributed by atoms with Crippen molar-refractivity contribution in [3.63, 3.8) is 0 Å². The zero-order valence-corrected chi connectivity index (χ0v) is 10.2. The van der Waals surface area contributed by atoms with E-state index in [-0.39, 0.29) is 5.92 Å². The average Bonchev–Trinajstić information content (AvgIpc) is 2.53. The van der Waals surface area contributed by atoms with Gasteiger partial charge in [0.2, 0.25) is 0 Å². The van der Waals surface area contributed by atoms with Gasteiger partial charge in [-0.2, -0.15) is 0 Å². The van der Waals surface area contributed by atoms with Crippen LogP contribution in [0.25, 0.3) is 0 Å². The Morgan fingerprint density at radius 3 is 2.76 bits per heavy atom. The van der Waals surface area contributed by atoms with E-state index in [1.807, 2.05) is 0 Å². The van der Waals surface area contributed by atoms with E-state index in [0.717, 1.165) is 31.5 Å². The van der Waals surface area contributed by atoms with E-state index in [1.165, 1.54) is 11.1 Å². The van der Waals surface area contributed by atoms with Crippen LogP contribution in [0.5, 0.6) is 0 Å². The van der Waals surface area contributed by atoms with Gasteiger partial charge in [-0.25, -0.2) is 0 Å². The second kappa shape index (κ2) is 5.32. The molecular weight excluding hydrogens is 214 g/mol. The number of rotatable bonds is 3. The molecular formula is C14H19NO2. The van der Waals surface area contributed by atoms with Gasteiger partial charge in [-0.1, -0.05) is 25.1 Å². The van der Waals surface area contributed by atoms with Crippen molar-refractivity contribution < 1.29 is 9.90 Å². The molecule has 17 heavy (non-hydrogen) atoms. The molecule has 92 valence electrons. The van der Waals surface area contributed by atoms with Gasteiger partial charge in [-0.15, -0.1) is 0 Å². The van der Waals surface area contributed by atoms with E-state index in [0.29, 0.717) is 6.42 Å². The minimum Gasteiger partial charge on any atom is -0.481 e. The van der Waals surface area contributed by atoms with Gasteiger partial charge in [0.25, 0.3) is 0 Å². The van der Waals surface area contributed by atoms with Gasteiger partial charge in [0.1, 0.15) is 0 Å². The highest BCUT2D eigenvalue weighted by Crippen LogP contribution is 2.17. The van der Waals surface area contributed by atoms with Crippen LogP contribution in [0.1, 0.15) is 23.6 Å². The van der Waals surface area contributed by atoms with Gasteiger partial charge in [0, 0.05) is 0 Å². The molecule has 2 rings (SSSR count). The van der Waals surface area contributed by atoms with Gasteiger partial charge < -0.3 is 10.4 Å². The summed E-state index contributed by atoms with van der Waals surface area (Å²) in [6, 6.07) is 6.41. The lowest BCUT2D eigenvalue weighted by Crippen LogP contribution is -2.16. The number of carboxylic acids is 1. The number of benzene rings is 1. The molecule has 0 unspecified atom stereocenters. The minimum absolute atomic E-state index is 0.308. The largest absolute Gasteiger partial charge is 0.481 e. The third kappa shape index (κ3) is 3.07. The number of carboxylic acid groups (broad SMARTS) is 1. The molecule has 0 spiro atoms. The molecule has 1 aliphatic rings. The van der Waals surface area contributed by atoms with E-state index >= 15 is 0 Å². The molecule has 1 aromatic rings. The number of carbonyl (C=O) groups is 1. The third-order valence-electron chi connectivity index (χ3n) is 3.38. The first-order valence-electron chi connectivity index (χ1n) is 6.21. The van der Waals surface area contributed by atoms with Crippen LogP contribution < -0.4 is 5.32 Å². The summed E-state index contributed by atoms with van der Waals surface area (Å²) in [4.78, 5) is 10.8. The molecule has 0 aliphatic carbocycles. The summed E-state index contributed by atoms with van der Waals surface area (Å²) >= 11 is 0. The lowest BCUT2D eigenvalue weighted by molar-refractivity contribution is -0.141. The van der Waals surface area contributed by atoms with Gasteiger partial charge in [0.05, 0.1) is 5.92 Å². The van der Waals surface area contributed by atoms with Gasteiger partial charge in [0.15, 0.2) is 0 Å².